The normalized spacial score (nSPS) is 16.9. The molecule has 0 radical (unpaired) electrons. The maximum absolute atomic E-state index is 10.7. The topological polar surface area (TPSA) is 61.4 Å². The first kappa shape index (κ1) is 14.6. The van der Waals surface area contributed by atoms with Gasteiger partial charge in [0.05, 0.1) is 0 Å². The predicted octanol–water partition coefficient (Wildman–Crippen LogP) is 1.27. The smallest absolute Gasteiger partial charge is 0.209 e. The monoisotopic (exact) mass is 277 g/mol. The van der Waals surface area contributed by atoms with Gasteiger partial charge in [0, 0.05) is 38.3 Å². The molecule has 6 nitrogen and oxygen atoms in total. The number of anilines is 2. The number of nitrogens with zero attached hydrogens (tertiary/aromatic N) is 4. The molecule has 1 fully saturated rings. The summed E-state index contributed by atoms with van der Waals surface area (Å²) in [4.78, 5) is 23.7. The molecule has 1 aromatic rings. The lowest BCUT2D eigenvalue weighted by atomic mass is 10.2. The Balaban J connectivity index is 2.09. The fraction of sp³-hybridized carbons (Fsp3) is 0.643. The molecule has 1 saturated heterocycles. The van der Waals surface area contributed by atoms with E-state index < -0.39 is 0 Å². The zero-order chi connectivity index (χ0) is 14.5. The van der Waals surface area contributed by atoms with Crippen LogP contribution in [0.2, 0.25) is 0 Å². The summed E-state index contributed by atoms with van der Waals surface area (Å²) >= 11 is 0. The molecular formula is C14H23N5O. The zero-order valence-electron chi connectivity index (χ0n) is 12.5. The van der Waals surface area contributed by atoms with Crippen molar-refractivity contribution < 1.29 is 4.79 Å². The lowest BCUT2D eigenvalue weighted by molar-refractivity contribution is -0.118. The standard InChI is InChI=1S/C14H23N5O/c1-4-11(2)15-13-9-14(17-12(3)16-13)19-7-5-18(10-20)6-8-19/h9-11H,4-8H2,1-3H3,(H,15,16,17). The Bertz CT molecular complexity index is 457. The van der Waals surface area contributed by atoms with Crippen LogP contribution in [0.5, 0.6) is 0 Å². The molecule has 0 aliphatic carbocycles. The second-order valence-corrected chi connectivity index (χ2v) is 5.24. The quantitative estimate of drug-likeness (QED) is 0.821. The third kappa shape index (κ3) is 3.59. The van der Waals surface area contributed by atoms with Gasteiger partial charge < -0.3 is 15.1 Å². The summed E-state index contributed by atoms with van der Waals surface area (Å²) in [5.41, 5.74) is 0. The van der Waals surface area contributed by atoms with E-state index >= 15 is 0 Å². The van der Waals surface area contributed by atoms with Gasteiger partial charge in [-0.15, -0.1) is 0 Å². The van der Waals surface area contributed by atoms with Crippen LogP contribution >= 0.6 is 0 Å². The third-order valence-corrected chi connectivity index (χ3v) is 3.62. The van der Waals surface area contributed by atoms with E-state index in [1.54, 1.807) is 4.90 Å². The van der Waals surface area contributed by atoms with Crippen LogP contribution in [-0.2, 0) is 4.79 Å². The van der Waals surface area contributed by atoms with E-state index in [4.69, 9.17) is 0 Å². The highest BCUT2D eigenvalue weighted by Gasteiger charge is 2.17. The highest BCUT2D eigenvalue weighted by Crippen LogP contribution is 2.18. The van der Waals surface area contributed by atoms with Crippen LogP contribution in [0.1, 0.15) is 26.1 Å². The molecule has 20 heavy (non-hydrogen) atoms. The number of piperazine rings is 1. The van der Waals surface area contributed by atoms with Crippen molar-refractivity contribution in [1.82, 2.24) is 14.9 Å². The molecule has 1 aliphatic heterocycles. The molecular weight excluding hydrogens is 254 g/mol. The van der Waals surface area contributed by atoms with E-state index in [0.717, 1.165) is 56.5 Å². The van der Waals surface area contributed by atoms with Crippen LogP contribution in [0.15, 0.2) is 6.07 Å². The molecule has 110 valence electrons. The van der Waals surface area contributed by atoms with Crippen LogP contribution in [0.4, 0.5) is 11.6 Å². The van der Waals surface area contributed by atoms with Gasteiger partial charge in [-0.3, -0.25) is 4.79 Å². The molecule has 1 amide bonds. The van der Waals surface area contributed by atoms with Crippen LogP contribution in [0, 0.1) is 6.92 Å². The summed E-state index contributed by atoms with van der Waals surface area (Å²) in [5, 5.41) is 3.39. The third-order valence-electron chi connectivity index (χ3n) is 3.62. The van der Waals surface area contributed by atoms with E-state index in [1.807, 2.05) is 13.0 Å². The minimum atomic E-state index is 0.393. The summed E-state index contributed by atoms with van der Waals surface area (Å²) in [6, 6.07) is 2.39. The Hall–Kier alpha value is -1.85. The minimum absolute atomic E-state index is 0.393. The molecule has 1 atom stereocenters. The predicted molar refractivity (Wildman–Crippen MR) is 80.0 cm³/mol. The average Bonchev–Trinajstić information content (AvgIpc) is 2.46. The highest BCUT2D eigenvalue weighted by molar-refractivity contribution is 5.52. The molecule has 0 bridgehead atoms. The highest BCUT2D eigenvalue weighted by atomic mass is 16.1. The summed E-state index contributed by atoms with van der Waals surface area (Å²) < 4.78 is 0. The summed E-state index contributed by atoms with van der Waals surface area (Å²) in [7, 11) is 0. The maximum Gasteiger partial charge on any atom is 0.209 e. The molecule has 1 aromatic heterocycles. The number of hydrogen-bond acceptors (Lipinski definition) is 5. The molecule has 1 unspecified atom stereocenters. The Labute approximate surface area is 120 Å². The lowest BCUT2D eigenvalue weighted by Gasteiger charge is -2.33. The van der Waals surface area contributed by atoms with Crippen molar-refractivity contribution in [3.63, 3.8) is 0 Å². The van der Waals surface area contributed by atoms with Crippen LogP contribution in [-0.4, -0.2) is 53.5 Å². The zero-order valence-corrected chi connectivity index (χ0v) is 12.5. The second-order valence-electron chi connectivity index (χ2n) is 5.24. The van der Waals surface area contributed by atoms with Gasteiger partial charge in [-0.2, -0.15) is 0 Å². The van der Waals surface area contributed by atoms with Gasteiger partial charge in [0.1, 0.15) is 17.5 Å². The van der Waals surface area contributed by atoms with Crippen molar-refractivity contribution in [2.45, 2.75) is 33.2 Å². The van der Waals surface area contributed by atoms with Crippen molar-refractivity contribution in [3.05, 3.63) is 11.9 Å². The summed E-state index contributed by atoms with van der Waals surface area (Å²) in [5.74, 6) is 2.58. The van der Waals surface area contributed by atoms with Gasteiger partial charge in [-0.25, -0.2) is 9.97 Å². The lowest BCUT2D eigenvalue weighted by Crippen LogP contribution is -2.46. The molecule has 1 N–H and O–H groups in total. The number of carbonyl (C=O) groups is 1. The molecule has 0 saturated carbocycles. The fourth-order valence-electron chi connectivity index (χ4n) is 2.20. The first-order chi connectivity index (χ1) is 9.62. The van der Waals surface area contributed by atoms with E-state index in [2.05, 4.69) is 34.0 Å². The Morgan fingerprint density at radius 3 is 2.65 bits per heavy atom. The van der Waals surface area contributed by atoms with Gasteiger partial charge in [-0.1, -0.05) is 6.92 Å². The van der Waals surface area contributed by atoms with Gasteiger partial charge in [-0.05, 0) is 20.3 Å². The maximum atomic E-state index is 10.7. The van der Waals surface area contributed by atoms with E-state index in [0.29, 0.717) is 6.04 Å². The van der Waals surface area contributed by atoms with E-state index in [-0.39, 0.29) is 0 Å². The largest absolute Gasteiger partial charge is 0.367 e. The van der Waals surface area contributed by atoms with Gasteiger partial charge in [0.25, 0.3) is 0 Å². The van der Waals surface area contributed by atoms with Gasteiger partial charge in [0.2, 0.25) is 6.41 Å². The number of aryl methyl sites for hydroxylation is 1. The average molecular weight is 277 g/mol. The van der Waals surface area contributed by atoms with Crippen molar-refractivity contribution in [2.75, 3.05) is 36.4 Å². The first-order valence-corrected chi connectivity index (χ1v) is 7.19. The fourth-order valence-corrected chi connectivity index (χ4v) is 2.20. The SMILES string of the molecule is CCC(C)Nc1cc(N2CCN(C=O)CC2)nc(C)n1. The van der Waals surface area contributed by atoms with Crippen molar-refractivity contribution in [3.8, 4) is 0 Å². The first-order valence-electron chi connectivity index (χ1n) is 7.19. The number of amides is 1. The van der Waals surface area contributed by atoms with Crippen molar-refractivity contribution >= 4 is 18.0 Å². The summed E-state index contributed by atoms with van der Waals surface area (Å²) in [6.07, 6.45) is 1.97. The van der Waals surface area contributed by atoms with Crippen molar-refractivity contribution in [1.29, 1.82) is 0 Å². The van der Waals surface area contributed by atoms with Crippen molar-refractivity contribution in [2.24, 2.45) is 0 Å². The number of rotatable bonds is 5. The molecule has 2 heterocycles. The number of hydrogen-bond donors (Lipinski definition) is 1. The Kier molecular flexibility index (Phi) is 4.76. The second kappa shape index (κ2) is 6.54. The number of nitrogens with one attached hydrogen (secondary N) is 1. The van der Waals surface area contributed by atoms with Gasteiger partial charge in [0.15, 0.2) is 0 Å². The van der Waals surface area contributed by atoms with Crippen LogP contribution < -0.4 is 10.2 Å². The molecule has 0 aromatic carbocycles. The van der Waals surface area contributed by atoms with Crippen LogP contribution in [0.3, 0.4) is 0 Å². The van der Waals surface area contributed by atoms with E-state index in [9.17, 15) is 4.79 Å². The van der Waals surface area contributed by atoms with E-state index in [1.165, 1.54) is 0 Å². The molecule has 0 spiro atoms. The molecule has 6 heteroatoms. The Morgan fingerprint density at radius 1 is 1.35 bits per heavy atom. The van der Waals surface area contributed by atoms with Gasteiger partial charge >= 0.3 is 0 Å². The summed E-state index contributed by atoms with van der Waals surface area (Å²) in [6.45, 7) is 9.33. The molecule has 1 aliphatic rings. The number of aromatic nitrogens is 2. The minimum Gasteiger partial charge on any atom is -0.367 e. The molecule has 2 rings (SSSR count). The van der Waals surface area contributed by atoms with Crippen LogP contribution in [0.25, 0.3) is 0 Å². The Morgan fingerprint density at radius 2 is 2.05 bits per heavy atom. The number of carbonyl (C=O) groups excluding carboxylic acids is 1.